The van der Waals surface area contributed by atoms with Crippen LogP contribution in [0.4, 0.5) is 8.78 Å². The van der Waals surface area contributed by atoms with Crippen molar-refractivity contribution < 1.29 is 18.0 Å². The van der Waals surface area contributed by atoms with Gasteiger partial charge in [0.25, 0.3) is 5.92 Å². The van der Waals surface area contributed by atoms with Gasteiger partial charge in [0.2, 0.25) is 0 Å². The van der Waals surface area contributed by atoms with Crippen LogP contribution >= 0.6 is 22.9 Å². The van der Waals surface area contributed by atoms with Crippen LogP contribution in [0.3, 0.4) is 0 Å². The molecule has 7 nitrogen and oxygen atoms in total. The summed E-state index contributed by atoms with van der Waals surface area (Å²) in [5.74, 6) is -2.32. The van der Waals surface area contributed by atoms with Crippen molar-refractivity contribution in [3.05, 3.63) is 69.0 Å². The maximum atomic E-state index is 14.4. The number of ether oxygens (including phenoxy) is 1. The van der Waals surface area contributed by atoms with Gasteiger partial charge in [-0.3, -0.25) is 4.90 Å². The fourth-order valence-electron chi connectivity index (χ4n) is 4.92. The zero-order valence-electron chi connectivity index (χ0n) is 18.9. The van der Waals surface area contributed by atoms with Crippen molar-refractivity contribution in [3.8, 4) is 17.1 Å². The van der Waals surface area contributed by atoms with E-state index in [1.165, 1.54) is 23.7 Å². The lowest BCUT2D eigenvalue weighted by molar-refractivity contribution is -0.182. The zero-order valence-corrected chi connectivity index (χ0v) is 20.5. The van der Waals surface area contributed by atoms with Crippen molar-refractivity contribution in [3.63, 3.8) is 0 Å². The number of likely N-dealkylation sites (tertiary alicyclic amines) is 1. The predicted octanol–water partition coefficient (Wildman–Crippen LogP) is 5.56. The predicted molar refractivity (Wildman–Crippen MR) is 127 cm³/mol. The Balaban J connectivity index is 1.20. The van der Waals surface area contributed by atoms with Gasteiger partial charge in [0.15, 0.2) is 5.82 Å². The molecule has 0 amide bonds. The Bertz CT molecular complexity index is 1360. The first kappa shape index (κ1) is 22.8. The van der Waals surface area contributed by atoms with Crippen LogP contribution < -0.4 is 0 Å². The van der Waals surface area contributed by atoms with Crippen LogP contribution in [0.15, 0.2) is 47.4 Å². The molecule has 1 fully saturated rings. The van der Waals surface area contributed by atoms with E-state index in [0.717, 1.165) is 29.9 Å². The minimum absolute atomic E-state index is 0.0302. The molecule has 0 unspecified atom stereocenters. The summed E-state index contributed by atoms with van der Waals surface area (Å²) in [6.45, 7) is 3.51. The van der Waals surface area contributed by atoms with Crippen molar-refractivity contribution in [2.75, 3.05) is 19.7 Å². The second-order valence-corrected chi connectivity index (χ2v) is 10.7. The molecule has 0 aliphatic carbocycles. The molecule has 35 heavy (non-hydrogen) atoms. The number of rotatable bonds is 4. The lowest BCUT2D eigenvalue weighted by Gasteiger charge is -2.45. The minimum atomic E-state index is -3.00. The van der Waals surface area contributed by atoms with Crippen LogP contribution in [0.5, 0.6) is 0 Å². The first-order valence-electron chi connectivity index (χ1n) is 11.3. The van der Waals surface area contributed by atoms with Crippen LogP contribution in [0.2, 0.25) is 4.34 Å². The van der Waals surface area contributed by atoms with Crippen LogP contribution in [0.1, 0.15) is 34.5 Å². The Morgan fingerprint density at radius 3 is 2.83 bits per heavy atom. The summed E-state index contributed by atoms with van der Waals surface area (Å²) in [5.41, 5.74) is 2.84. The minimum Gasteiger partial charge on any atom is -0.364 e. The number of piperidine rings is 1. The van der Waals surface area contributed by atoms with Gasteiger partial charge in [-0.25, -0.2) is 9.67 Å². The average molecular weight is 518 g/mol. The van der Waals surface area contributed by atoms with E-state index >= 15 is 0 Å². The van der Waals surface area contributed by atoms with Gasteiger partial charge in [0.05, 0.1) is 10.0 Å². The first-order chi connectivity index (χ1) is 16.8. The zero-order chi connectivity index (χ0) is 24.2. The molecular formula is C24H22ClF2N5O2S. The van der Waals surface area contributed by atoms with Gasteiger partial charge in [0, 0.05) is 59.7 Å². The number of pyridine rings is 1. The van der Waals surface area contributed by atoms with Gasteiger partial charge in [-0.1, -0.05) is 16.8 Å². The summed E-state index contributed by atoms with van der Waals surface area (Å²) in [4.78, 5) is 7.40. The van der Waals surface area contributed by atoms with E-state index in [0.29, 0.717) is 40.1 Å². The maximum Gasteiger partial charge on any atom is 0.297 e. The topological polar surface area (TPSA) is 69.2 Å². The fraction of sp³-hybridized carbons (Fsp3) is 0.375. The highest BCUT2D eigenvalue weighted by Crippen LogP contribution is 2.52. The normalized spacial score (nSPS) is 19.2. The lowest BCUT2D eigenvalue weighted by atomic mass is 9.84. The van der Waals surface area contributed by atoms with Crippen molar-refractivity contribution >= 4 is 22.9 Å². The van der Waals surface area contributed by atoms with Crippen LogP contribution in [0, 0.1) is 6.92 Å². The largest absolute Gasteiger partial charge is 0.364 e. The number of alkyl halides is 2. The second kappa shape index (κ2) is 8.48. The molecule has 182 valence electrons. The third-order valence-corrected chi connectivity index (χ3v) is 8.26. The smallest absolute Gasteiger partial charge is 0.297 e. The molecule has 2 aliphatic heterocycles. The molecule has 0 radical (unpaired) electrons. The van der Waals surface area contributed by atoms with Crippen LogP contribution in [-0.4, -0.2) is 44.5 Å². The molecule has 11 heteroatoms. The van der Waals surface area contributed by atoms with E-state index in [9.17, 15) is 8.78 Å². The first-order valence-corrected chi connectivity index (χ1v) is 12.5. The van der Waals surface area contributed by atoms with E-state index in [-0.39, 0.29) is 5.56 Å². The van der Waals surface area contributed by atoms with Crippen molar-refractivity contribution in [1.29, 1.82) is 0 Å². The highest BCUT2D eigenvalue weighted by atomic mass is 35.5. The van der Waals surface area contributed by atoms with Gasteiger partial charge in [-0.05, 0) is 38.0 Å². The summed E-state index contributed by atoms with van der Waals surface area (Å²) in [6, 6.07) is 6.97. The SMILES string of the molecule is Cc1nn(-c2ncccc2-c2ccon2)cc1CN1CCC2(CC1)OCC(F)(F)c1cc(Cl)sc12. The maximum absolute atomic E-state index is 14.4. The monoisotopic (exact) mass is 517 g/mol. The van der Waals surface area contributed by atoms with Crippen molar-refractivity contribution in [2.24, 2.45) is 0 Å². The van der Waals surface area contributed by atoms with E-state index in [1.54, 1.807) is 16.9 Å². The fourth-order valence-corrected chi connectivity index (χ4v) is 6.40. The standard InChI is InChI=1S/C24H22ClF2N5O2S/c1-15-16(13-32(29-15)22-17(3-2-7-28-22)19-4-10-34-30-19)12-31-8-5-23(6-9-31)21-18(11-20(25)35-21)24(26,27)14-33-23/h2-4,7,10-11,13H,5-6,8-9,12,14H2,1H3. The summed E-state index contributed by atoms with van der Waals surface area (Å²) in [5, 5.41) is 8.73. The number of nitrogens with zero attached hydrogens (tertiary/aromatic N) is 5. The third-order valence-electron chi connectivity index (χ3n) is 6.82. The number of hydrogen-bond donors (Lipinski definition) is 0. The van der Waals surface area contributed by atoms with E-state index in [4.69, 9.17) is 26.0 Å². The molecule has 4 aromatic heterocycles. The Morgan fingerprint density at radius 1 is 1.23 bits per heavy atom. The number of aromatic nitrogens is 4. The van der Waals surface area contributed by atoms with Crippen LogP contribution in [0.25, 0.3) is 17.1 Å². The molecule has 6 heterocycles. The number of hydrogen-bond acceptors (Lipinski definition) is 7. The molecule has 2 aliphatic rings. The Labute approximate surface area is 209 Å². The van der Waals surface area contributed by atoms with E-state index in [2.05, 4.69) is 15.0 Å². The van der Waals surface area contributed by atoms with Crippen molar-refractivity contribution in [1.82, 2.24) is 24.8 Å². The number of aryl methyl sites for hydroxylation is 1. The van der Waals surface area contributed by atoms with Gasteiger partial charge in [0.1, 0.15) is 24.2 Å². The molecule has 0 bridgehead atoms. The lowest BCUT2D eigenvalue weighted by Crippen LogP contribution is -2.48. The quantitative estimate of drug-likeness (QED) is 0.353. The number of thiophene rings is 1. The average Bonchev–Trinajstić information content (AvgIpc) is 3.60. The van der Waals surface area contributed by atoms with Crippen LogP contribution in [-0.2, 0) is 22.8 Å². The van der Waals surface area contributed by atoms with Gasteiger partial charge < -0.3 is 9.26 Å². The number of fused-ring (bicyclic) bond motifs is 2. The number of halogens is 3. The summed E-state index contributed by atoms with van der Waals surface area (Å²) >= 11 is 7.34. The summed E-state index contributed by atoms with van der Waals surface area (Å²) < 4.78 is 41.8. The molecule has 1 spiro atoms. The molecular weight excluding hydrogens is 496 g/mol. The van der Waals surface area contributed by atoms with Crippen molar-refractivity contribution in [2.45, 2.75) is 37.8 Å². The Morgan fingerprint density at radius 2 is 2.06 bits per heavy atom. The molecule has 0 saturated carbocycles. The molecule has 4 aromatic rings. The molecule has 6 rings (SSSR count). The Kier molecular flexibility index (Phi) is 5.52. The summed E-state index contributed by atoms with van der Waals surface area (Å²) in [6.07, 6.45) is 6.51. The molecule has 0 aromatic carbocycles. The Hall–Kier alpha value is -2.66. The van der Waals surface area contributed by atoms with E-state index < -0.39 is 18.1 Å². The summed E-state index contributed by atoms with van der Waals surface area (Å²) in [7, 11) is 0. The highest BCUT2D eigenvalue weighted by molar-refractivity contribution is 7.16. The van der Waals surface area contributed by atoms with Gasteiger partial charge in [-0.15, -0.1) is 11.3 Å². The molecule has 0 atom stereocenters. The van der Waals surface area contributed by atoms with Gasteiger partial charge >= 0.3 is 0 Å². The molecule has 0 N–H and O–H groups in total. The molecule has 1 saturated heterocycles. The van der Waals surface area contributed by atoms with E-state index in [1.807, 2.05) is 25.3 Å². The second-order valence-electron chi connectivity index (χ2n) is 9.00. The third kappa shape index (κ3) is 3.98. The highest BCUT2D eigenvalue weighted by Gasteiger charge is 2.51. The van der Waals surface area contributed by atoms with Gasteiger partial charge in [-0.2, -0.15) is 13.9 Å².